The molecule has 0 aliphatic carbocycles. The highest BCUT2D eigenvalue weighted by atomic mass is 32.1. The fraction of sp³-hybridized carbons (Fsp3) is 0.714. The molecule has 0 saturated heterocycles. The van der Waals surface area contributed by atoms with Crippen LogP contribution < -0.4 is 5.73 Å². The number of esters is 1. The maximum atomic E-state index is 11.8. The zero-order valence-electron chi connectivity index (χ0n) is 11.9. The van der Waals surface area contributed by atoms with Gasteiger partial charge in [0.15, 0.2) is 0 Å². The molecule has 108 valence electrons. The van der Waals surface area contributed by atoms with Crippen LogP contribution >= 0.6 is 11.3 Å². The predicted octanol–water partition coefficient (Wildman–Crippen LogP) is 3.43. The molecular formula is C14H24N2O2S. The number of unbranched alkanes of at least 4 members (excludes halogenated alkanes) is 5. The van der Waals surface area contributed by atoms with E-state index in [2.05, 4.69) is 11.9 Å². The van der Waals surface area contributed by atoms with Gasteiger partial charge >= 0.3 is 5.97 Å². The lowest BCUT2D eigenvalue weighted by Gasteiger charge is -2.03. The second kappa shape index (κ2) is 9.04. The first kappa shape index (κ1) is 16.1. The summed E-state index contributed by atoms with van der Waals surface area (Å²) in [5.41, 5.74) is 6.23. The van der Waals surface area contributed by atoms with Crippen LogP contribution in [0.2, 0.25) is 0 Å². The van der Waals surface area contributed by atoms with Gasteiger partial charge in [-0.15, -0.1) is 11.3 Å². The van der Waals surface area contributed by atoms with Gasteiger partial charge in [-0.2, -0.15) is 0 Å². The van der Waals surface area contributed by atoms with E-state index in [4.69, 9.17) is 10.5 Å². The van der Waals surface area contributed by atoms with Crippen LogP contribution in [0.25, 0.3) is 0 Å². The lowest BCUT2D eigenvalue weighted by molar-refractivity contribution is 0.0502. The Morgan fingerprint density at radius 2 is 1.95 bits per heavy atom. The van der Waals surface area contributed by atoms with Gasteiger partial charge in [0.05, 0.1) is 12.3 Å². The van der Waals surface area contributed by atoms with Crippen molar-refractivity contribution in [3.8, 4) is 0 Å². The molecule has 1 heterocycles. The molecule has 4 nitrogen and oxygen atoms in total. The number of ether oxygens (including phenoxy) is 1. The molecule has 0 unspecified atom stereocenters. The first-order chi connectivity index (χ1) is 9.19. The average Bonchev–Trinajstić information content (AvgIpc) is 2.79. The van der Waals surface area contributed by atoms with Gasteiger partial charge in [-0.25, -0.2) is 9.78 Å². The standard InChI is InChI=1S/C14H24N2O2S/c1-3-4-5-6-7-8-9-18-14(17)13-11(2)16-12(10-15)19-13/h3-10,15H2,1-2H3. The van der Waals surface area contributed by atoms with E-state index < -0.39 is 0 Å². The van der Waals surface area contributed by atoms with Crippen LogP contribution in [0.1, 0.15) is 65.8 Å². The van der Waals surface area contributed by atoms with Crippen molar-refractivity contribution in [2.75, 3.05) is 6.61 Å². The van der Waals surface area contributed by atoms with Crippen molar-refractivity contribution >= 4 is 17.3 Å². The smallest absolute Gasteiger partial charge is 0.350 e. The maximum absolute atomic E-state index is 11.8. The van der Waals surface area contributed by atoms with Gasteiger partial charge in [-0.05, 0) is 13.3 Å². The number of hydrogen-bond donors (Lipinski definition) is 1. The number of rotatable bonds is 9. The summed E-state index contributed by atoms with van der Waals surface area (Å²) < 4.78 is 5.26. The molecule has 0 amide bonds. The van der Waals surface area contributed by atoms with Gasteiger partial charge in [0.25, 0.3) is 0 Å². The summed E-state index contributed by atoms with van der Waals surface area (Å²) in [6.07, 6.45) is 7.12. The van der Waals surface area contributed by atoms with Crippen molar-refractivity contribution in [3.05, 3.63) is 15.6 Å². The SMILES string of the molecule is CCCCCCCCOC(=O)c1sc(CN)nc1C. The van der Waals surface area contributed by atoms with Crippen molar-refractivity contribution in [1.82, 2.24) is 4.98 Å². The van der Waals surface area contributed by atoms with Crippen LogP contribution in [0.4, 0.5) is 0 Å². The molecule has 0 aliphatic rings. The lowest BCUT2D eigenvalue weighted by atomic mass is 10.1. The van der Waals surface area contributed by atoms with Crippen molar-refractivity contribution in [2.45, 2.75) is 58.9 Å². The summed E-state index contributed by atoms with van der Waals surface area (Å²) in [6, 6.07) is 0. The van der Waals surface area contributed by atoms with Gasteiger partial charge in [-0.1, -0.05) is 39.0 Å². The zero-order valence-corrected chi connectivity index (χ0v) is 12.7. The zero-order chi connectivity index (χ0) is 14.1. The van der Waals surface area contributed by atoms with Crippen molar-refractivity contribution in [2.24, 2.45) is 5.73 Å². The average molecular weight is 284 g/mol. The second-order valence-corrected chi connectivity index (χ2v) is 5.71. The molecule has 0 aromatic carbocycles. The van der Waals surface area contributed by atoms with E-state index >= 15 is 0 Å². The molecule has 0 aliphatic heterocycles. The lowest BCUT2D eigenvalue weighted by Crippen LogP contribution is -2.06. The highest BCUT2D eigenvalue weighted by molar-refractivity contribution is 7.13. The number of nitrogens with two attached hydrogens (primary N) is 1. The molecule has 1 aromatic rings. The van der Waals surface area contributed by atoms with Crippen LogP contribution in [-0.4, -0.2) is 17.6 Å². The molecular weight excluding hydrogens is 260 g/mol. The van der Waals surface area contributed by atoms with E-state index in [0.29, 0.717) is 18.0 Å². The first-order valence-corrected chi connectivity index (χ1v) is 7.84. The van der Waals surface area contributed by atoms with Crippen LogP contribution in [-0.2, 0) is 11.3 Å². The van der Waals surface area contributed by atoms with Gasteiger partial charge < -0.3 is 10.5 Å². The highest BCUT2D eigenvalue weighted by Gasteiger charge is 2.15. The topological polar surface area (TPSA) is 65.2 Å². The number of aryl methyl sites for hydroxylation is 1. The Balaban J connectivity index is 2.22. The molecule has 0 radical (unpaired) electrons. The van der Waals surface area contributed by atoms with Crippen molar-refractivity contribution in [1.29, 1.82) is 0 Å². The van der Waals surface area contributed by atoms with Gasteiger partial charge in [0.2, 0.25) is 0 Å². The molecule has 0 spiro atoms. The fourth-order valence-corrected chi connectivity index (χ4v) is 2.68. The molecule has 0 atom stereocenters. The Morgan fingerprint density at radius 3 is 2.58 bits per heavy atom. The summed E-state index contributed by atoms with van der Waals surface area (Å²) in [6.45, 7) is 4.89. The Hall–Kier alpha value is -0.940. The minimum atomic E-state index is -0.261. The van der Waals surface area contributed by atoms with Crippen LogP contribution in [0.15, 0.2) is 0 Å². The van der Waals surface area contributed by atoms with Gasteiger partial charge in [0, 0.05) is 6.54 Å². The van der Waals surface area contributed by atoms with Crippen molar-refractivity contribution in [3.63, 3.8) is 0 Å². The molecule has 1 rings (SSSR count). The molecule has 1 aromatic heterocycles. The monoisotopic (exact) mass is 284 g/mol. The molecule has 0 bridgehead atoms. The predicted molar refractivity (Wildman–Crippen MR) is 78.4 cm³/mol. The number of carbonyl (C=O) groups excluding carboxylic acids is 1. The van der Waals surface area contributed by atoms with E-state index in [9.17, 15) is 4.79 Å². The number of nitrogens with zero attached hydrogens (tertiary/aromatic N) is 1. The Labute approximate surface area is 119 Å². The largest absolute Gasteiger partial charge is 0.461 e. The van der Waals surface area contributed by atoms with E-state index in [1.54, 1.807) is 0 Å². The first-order valence-electron chi connectivity index (χ1n) is 7.02. The van der Waals surface area contributed by atoms with Crippen LogP contribution in [0.5, 0.6) is 0 Å². The fourth-order valence-electron chi connectivity index (χ4n) is 1.84. The van der Waals surface area contributed by atoms with Gasteiger partial charge in [-0.3, -0.25) is 0 Å². The molecule has 5 heteroatoms. The normalized spacial score (nSPS) is 10.7. The number of hydrogen-bond acceptors (Lipinski definition) is 5. The van der Waals surface area contributed by atoms with Crippen LogP contribution in [0.3, 0.4) is 0 Å². The quantitative estimate of drug-likeness (QED) is 0.557. The van der Waals surface area contributed by atoms with Crippen LogP contribution in [0, 0.1) is 6.92 Å². The Bertz CT molecular complexity index is 391. The summed E-state index contributed by atoms with van der Waals surface area (Å²) in [4.78, 5) is 16.6. The minimum Gasteiger partial charge on any atom is -0.461 e. The summed E-state index contributed by atoms with van der Waals surface area (Å²) in [5, 5.41) is 0.781. The van der Waals surface area contributed by atoms with E-state index in [-0.39, 0.29) is 5.97 Å². The van der Waals surface area contributed by atoms with E-state index in [1.165, 1.54) is 37.0 Å². The minimum absolute atomic E-state index is 0.261. The number of thiazole rings is 1. The third kappa shape index (κ3) is 5.70. The molecule has 19 heavy (non-hydrogen) atoms. The second-order valence-electron chi connectivity index (χ2n) is 4.63. The molecule has 0 saturated carbocycles. The third-order valence-electron chi connectivity index (χ3n) is 2.93. The van der Waals surface area contributed by atoms with E-state index in [0.717, 1.165) is 23.5 Å². The number of aromatic nitrogens is 1. The Kier molecular flexibility index (Phi) is 7.67. The summed E-state index contributed by atoms with van der Waals surface area (Å²) >= 11 is 1.33. The summed E-state index contributed by atoms with van der Waals surface area (Å²) in [7, 11) is 0. The van der Waals surface area contributed by atoms with Crippen molar-refractivity contribution < 1.29 is 9.53 Å². The Morgan fingerprint density at radius 1 is 1.26 bits per heavy atom. The maximum Gasteiger partial charge on any atom is 0.350 e. The third-order valence-corrected chi connectivity index (χ3v) is 4.09. The molecule has 2 N–H and O–H groups in total. The van der Waals surface area contributed by atoms with E-state index in [1.807, 2.05) is 6.92 Å². The molecule has 0 fully saturated rings. The number of carbonyl (C=O) groups is 1. The summed E-state index contributed by atoms with van der Waals surface area (Å²) in [5.74, 6) is -0.261. The highest BCUT2D eigenvalue weighted by Crippen LogP contribution is 2.18. The van der Waals surface area contributed by atoms with Gasteiger partial charge in [0.1, 0.15) is 9.88 Å².